The Balaban J connectivity index is 2.05. The van der Waals surface area contributed by atoms with Crippen LogP contribution in [0.1, 0.15) is 66.2 Å². The van der Waals surface area contributed by atoms with E-state index in [1.54, 1.807) is 0 Å². The molecule has 0 aromatic carbocycles. The number of carbonyl (C=O) groups is 1. The summed E-state index contributed by atoms with van der Waals surface area (Å²) in [5.41, 5.74) is 0. The summed E-state index contributed by atoms with van der Waals surface area (Å²) in [6.07, 6.45) is 7.48. The molecule has 2 aliphatic carbocycles. The number of carbonyl (C=O) groups excluding carboxylic acids is 1. The van der Waals surface area contributed by atoms with Gasteiger partial charge in [0.25, 0.3) is 0 Å². The molecule has 1 nitrogen and oxygen atoms in total. The van der Waals surface area contributed by atoms with E-state index in [4.69, 9.17) is 0 Å². The fourth-order valence-electron chi connectivity index (χ4n) is 4.24. The van der Waals surface area contributed by atoms with Gasteiger partial charge in [-0.1, -0.05) is 53.4 Å². The lowest BCUT2D eigenvalue weighted by Crippen LogP contribution is -2.39. The minimum absolute atomic E-state index is 0.367. The predicted molar refractivity (Wildman–Crippen MR) is 76.3 cm³/mol. The van der Waals surface area contributed by atoms with Crippen LogP contribution in [0.15, 0.2) is 0 Å². The zero-order chi connectivity index (χ0) is 13.3. The van der Waals surface area contributed by atoms with Crippen LogP contribution >= 0.6 is 0 Å². The Morgan fingerprint density at radius 2 is 1.11 bits per heavy atom. The van der Waals surface area contributed by atoms with E-state index >= 15 is 0 Å². The zero-order valence-electron chi connectivity index (χ0n) is 12.6. The molecule has 6 unspecified atom stereocenters. The van der Waals surface area contributed by atoms with E-state index < -0.39 is 0 Å². The first-order valence-corrected chi connectivity index (χ1v) is 8.06. The molecule has 0 bridgehead atoms. The molecular formula is C17H30O. The molecule has 1 heteroatoms. The van der Waals surface area contributed by atoms with Gasteiger partial charge in [-0.25, -0.2) is 0 Å². The van der Waals surface area contributed by atoms with E-state index in [2.05, 4.69) is 27.7 Å². The van der Waals surface area contributed by atoms with Crippen molar-refractivity contribution in [3.05, 3.63) is 0 Å². The molecule has 2 fully saturated rings. The molecule has 0 aliphatic heterocycles. The molecule has 2 rings (SSSR count). The van der Waals surface area contributed by atoms with Crippen LogP contribution in [0.2, 0.25) is 0 Å². The van der Waals surface area contributed by atoms with Gasteiger partial charge in [-0.15, -0.1) is 0 Å². The Morgan fingerprint density at radius 3 is 1.50 bits per heavy atom. The summed E-state index contributed by atoms with van der Waals surface area (Å²) in [5, 5.41) is 0. The van der Waals surface area contributed by atoms with E-state index in [1.807, 2.05) is 0 Å². The third-order valence-corrected chi connectivity index (χ3v) is 6.14. The molecule has 104 valence electrons. The minimum atomic E-state index is 0.367. The maximum atomic E-state index is 12.9. The van der Waals surface area contributed by atoms with Gasteiger partial charge in [0.2, 0.25) is 0 Å². The molecule has 0 radical (unpaired) electrons. The van der Waals surface area contributed by atoms with Crippen LogP contribution in [-0.2, 0) is 4.79 Å². The first-order chi connectivity index (χ1) is 8.52. The predicted octanol–water partition coefficient (Wildman–Crippen LogP) is 4.70. The quantitative estimate of drug-likeness (QED) is 0.694. The van der Waals surface area contributed by atoms with Crippen molar-refractivity contribution >= 4 is 5.78 Å². The van der Waals surface area contributed by atoms with Crippen LogP contribution in [0.25, 0.3) is 0 Å². The number of hydrogen-bond donors (Lipinski definition) is 0. The maximum absolute atomic E-state index is 12.9. The van der Waals surface area contributed by atoms with Gasteiger partial charge in [0.1, 0.15) is 5.78 Å². The topological polar surface area (TPSA) is 17.1 Å². The Kier molecular flexibility index (Phi) is 4.50. The van der Waals surface area contributed by atoms with E-state index in [1.165, 1.54) is 25.7 Å². The van der Waals surface area contributed by atoms with Crippen molar-refractivity contribution in [1.29, 1.82) is 0 Å². The Bertz CT molecular complexity index is 268. The highest BCUT2D eigenvalue weighted by Crippen LogP contribution is 2.41. The second-order valence-corrected chi connectivity index (χ2v) is 7.15. The zero-order valence-corrected chi connectivity index (χ0v) is 12.6. The SMILES string of the molecule is CC1CCCC(C(=O)C2CCCC(C)C2C)C1C. The average Bonchev–Trinajstić information content (AvgIpc) is 2.35. The summed E-state index contributed by atoms with van der Waals surface area (Å²) in [4.78, 5) is 12.9. The van der Waals surface area contributed by atoms with Crippen LogP contribution in [0, 0.1) is 35.5 Å². The molecule has 0 N–H and O–H groups in total. The Hall–Kier alpha value is -0.330. The van der Waals surface area contributed by atoms with Crippen LogP contribution in [0.5, 0.6) is 0 Å². The van der Waals surface area contributed by atoms with E-state index in [9.17, 15) is 4.79 Å². The number of rotatable bonds is 2. The van der Waals surface area contributed by atoms with Gasteiger partial charge >= 0.3 is 0 Å². The summed E-state index contributed by atoms with van der Waals surface area (Å²) in [5.74, 6) is 4.05. The van der Waals surface area contributed by atoms with Gasteiger partial charge < -0.3 is 0 Å². The summed E-state index contributed by atoms with van der Waals surface area (Å²) in [7, 11) is 0. The Morgan fingerprint density at radius 1 is 0.722 bits per heavy atom. The second-order valence-electron chi connectivity index (χ2n) is 7.15. The highest BCUT2D eigenvalue weighted by molar-refractivity contribution is 5.84. The molecule has 0 saturated heterocycles. The van der Waals surface area contributed by atoms with Crippen molar-refractivity contribution < 1.29 is 4.79 Å². The van der Waals surface area contributed by atoms with Crippen molar-refractivity contribution in [2.75, 3.05) is 0 Å². The lowest BCUT2D eigenvalue weighted by atomic mass is 9.64. The first kappa shape index (κ1) is 14.1. The summed E-state index contributed by atoms with van der Waals surface area (Å²) >= 11 is 0. The molecule has 2 saturated carbocycles. The molecule has 2 aliphatic rings. The normalized spacial score (nSPS) is 45.8. The van der Waals surface area contributed by atoms with Crippen LogP contribution < -0.4 is 0 Å². The van der Waals surface area contributed by atoms with Crippen LogP contribution in [0.3, 0.4) is 0 Å². The van der Waals surface area contributed by atoms with Gasteiger partial charge in [0, 0.05) is 11.8 Å². The second kappa shape index (κ2) is 5.75. The van der Waals surface area contributed by atoms with Crippen molar-refractivity contribution in [3.63, 3.8) is 0 Å². The molecule has 0 aromatic rings. The standard InChI is InChI=1S/C17H30O/c1-11-7-5-9-15(13(11)3)17(18)16-10-6-8-12(2)14(16)4/h11-16H,5-10H2,1-4H3. The Labute approximate surface area is 113 Å². The van der Waals surface area contributed by atoms with Gasteiger partial charge in [-0.05, 0) is 36.5 Å². The number of ketones is 1. The molecular weight excluding hydrogens is 220 g/mol. The molecule has 0 amide bonds. The van der Waals surface area contributed by atoms with Crippen molar-refractivity contribution in [3.8, 4) is 0 Å². The summed E-state index contributed by atoms with van der Waals surface area (Å²) < 4.78 is 0. The highest BCUT2D eigenvalue weighted by Gasteiger charge is 2.39. The number of hydrogen-bond acceptors (Lipinski definition) is 1. The molecule has 6 atom stereocenters. The van der Waals surface area contributed by atoms with Gasteiger partial charge in [-0.3, -0.25) is 4.79 Å². The maximum Gasteiger partial charge on any atom is 0.139 e. The van der Waals surface area contributed by atoms with Gasteiger partial charge in [0.05, 0.1) is 0 Å². The first-order valence-electron chi connectivity index (χ1n) is 8.06. The van der Waals surface area contributed by atoms with Crippen molar-refractivity contribution in [1.82, 2.24) is 0 Å². The van der Waals surface area contributed by atoms with Crippen molar-refractivity contribution in [2.45, 2.75) is 66.2 Å². The van der Waals surface area contributed by atoms with Crippen LogP contribution in [-0.4, -0.2) is 5.78 Å². The summed E-state index contributed by atoms with van der Waals surface area (Å²) in [6, 6.07) is 0. The lowest BCUT2D eigenvalue weighted by molar-refractivity contribution is -0.133. The lowest BCUT2D eigenvalue weighted by Gasteiger charge is -2.39. The fourth-order valence-corrected chi connectivity index (χ4v) is 4.24. The number of Topliss-reactive ketones (excluding diaryl/α,β-unsaturated/α-hetero) is 1. The largest absolute Gasteiger partial charge is 0.299 e. The van der Waals surface area contributed by atoms with Gasteiger partial charge in [-0.2, -0.15) is 0 Å². The highest BCUT2D eigenvalue weighted by atomic mass is 16.1. The van der Waals surface area contributed by atoms with E-state index in [0.29, 0.717) is 29.5 Å². The minimum Gasteiger partial charge on any atom is -0.299 e. The third kappa shape index (κ3) is 2.65. The van der Waals surface area contributed by atoms with Crippen LogP contribution in [0.4, 0.5) is 0 Å². The third-order valence-electron chi connectivity index (χ3n) is 6.14. The van der Waals surface area contributed by atoms with Gasteiger partial charge in [0.15, 0.2) is 0 Å². The molecule has 18 heavy (non-hydrogen) atoms. The summed E-state index contributed by atoms with van der Waals surface area (Å²) in [6.45, 7) is 9.28. The molecule has 0 heterocycles. The average molecular weight is 250 g/mol. The van der Waals surface area contributed by atoms with E-state index in [0.717, 1.165) is 24.7 Å². The van der Waals surface area contributed by atoms with Crippen molar-refractivity contribution in [2.24, 2.45) is 35.5 Å². The molecule has 0 spiro atoms. The molecule has 0 aromatic heterocycles. The monoisotopic (exact) mass is 250 g/mol. The smallest absolute Gasteiger partial charge is 0.139 e. The van der Waals surface area contributed by atoms with E-state index in [-0.39, 0.29) is 0 Å². The fraction of sp³-hybridized carbons (Fsp3) is 0.941.